The molecule has 0 spiro atoms. The Kier molecular flexibility index (Phi) is 5.24. The van der Waals surface area contributed by atoms with Crippen molar-refractivity contribution >= 4 is 17.7 Å². The summed E-state index contributed by atoms with van der Waals surface area (Å²) in [5.41, 5.74) is 5.59. The fraction of sp³-hybridized carbons (Fsp3) is 0.200. The van der Waals surface area contributed by atoms with Gasteiger partial charge in [-0.05, 0) is 25.5 Å². The smallest absolute Gasteiger partial charge is 0.230 e. The van der Waals surface area contributed by atoms with Crippen molar-refractivity contribution in [2.75, 3.05) is 12.8 Å². The van der Waals surface area contributed by atoms with E-state index in [4.69, 9.17) is 0 Å². The minimum absolute atomic E-state index is 0.0128. The topological polar surface area (TPSA) is 46.9 Å². The van der Waals surface area contributed by atoms with Crippen molar-refractivity contribution < 1.29 is 4.79 Å². The van der Waals surface area contributed by atoms with Crippen molar-refractivity contribution in [3.8, 4) is 16.9 Å². The molecule has 128 valence electrons. The number of benzene rings is 2. The zero-order chi connectivity index (χ0) is 17.8. The monoisotopic (exact) mass is 351 g/mol. The highest BCUT2D eigenvalue weighted by molar-refractivity contribution is 7.99. The predicted octanol–water partition coefficient (Wildman–Crippen LogP) is 3.99. The van der Waals surface area contributed by atoms with Crippen LogP contribution in [0.3, 0.4) is 0 Å². The van der Waals surface area contributed by atoms with Gasteiger partial charge in [-0.2, -0.15) is 0 Å². The zero-order valence-corrected chi connectivity index (χ0v) is 15.4. The second kappa shape index (κ2) is 7.57. The summed E-state index contributed by atoms with van der Waals surface area (Å²) < 4.78 is 2.13. The summed E-state index contributed by atoms with van der Waals surface area (Å²) >= 11 is 1.44. The summed E-state index contributed by atoms with van der Waals surface area (Å²) in [5.74, 6) is 0.327. The van der Waals surface area contributed by atoms with E-state index in [1.807, 2.05) is 18.3 Å². The molecule has 2 aromatic carbocycles. The molecule has 0 aliphatic carbocycles. The molecular weight excluding hydrogens is 330 g/mol. The maximum atomic E-state index is 11.6. The second-order valence-electron chi connectivity index (χ2n) is 5.88. The van der Waals surface area contributed by atoms with Gasteiger partial charge in [0.25, 0.3) is 0 Å². The highest BCUT2D eigenvalue weighted by Gasteiger charge is 2.16. The van der Waals surface area contributed by atoms with E-state index >= 15 is 0 Å². The fourth-order valence-electron chi connectivity index (χ4n) is 2.61. The summed E-state index contributed by atoms with van der Waals surface area (Å²) in [4.78, 5) is 16.2. The first-order valence-electron chi connectivity index (χ1n) is 8.14. The highest BCUT2D eigenvalue weighted by atomic mass is 32.2. The Morgan fingerprint density at radius 1 is 1.12 bits per heavy atom. The van der Waals surface area contributed by atoms with Crippen molar-refractivity contribution in [1.29, 1.82) is 0 Å². The minimum atomic E-state index is -0.0128. The molecular formula is C20H21N3OS. The van der Waals surface area contributed by atoms with Crippen LogP contribution in [0, 0.1) is 13.8 Å². The molecule has 0 saturated carbocycles. The van der Waals surface area contributed by atoms with E-state index in [1.54, 1.807) is 7.05 Å². The number of aryl methyl sites for hydroxylation is 2. The molecule has 4 nitrogen and oxygen atoms in total. The Labute approximate surface area is 152 Å². The summed E-state index contributed by atoms with van der Waals surface area (Å²) in [5, 5.41) is 3.47. The van der Waals surface area contributed by atoms with Gasteiger partial charge in [-0.1, -0.05) is 59.8 Å². The van der Waals surface area contributed by atoms with Gasteiger partial charge in [0.1, 0.15) is 0 Å². The van der Waals surface area contributed by atoms with E-state index in [1.165, 1.54) is 17.3 Å². The Morgan fingerprint density at radius 3 is 2.52 bits per heavy atom. The van der Waals surface area contributed by atoms with E-state index in [2.05, 4.69) is 65.1 Å². The number of carbonyl (C=O) groups excluding carboxylic acids is 1. The maximum Gasteiger partial charge on any atom is 0.230 e. The van der Waals surface area contributed by atoms with Gasteiger partial charge in [0.2, 0.25) is 5.91 Å². The first-order valence-corrected chi connectivity index (χ1v) is 9.13. The van der Waals surface area contributed by atoms with Gasteiger partial charge in [0.05, 0.1) is 23.3 Å². The van der Waals surface area contributed by atoms with Crippen LogP contribution < -0.4 is 5.32 Å². The summed E-state index contributed by atoms with van der Waals surface area (Å²) in [6.45, 7) is 4.16. The number of nitrogens with one attached hydrogen (secondary N) is 1. The van der Waals surface area contributed by atoms with Gasteiger partial charge < -0.3 is 5.32 Å². The molecule has 0 bridgehead atoms. The number of hydrogen-bond donors (Lipinski definition) is 1. The zero-order valence-electron chi connectivity index (χ0n) is 14.6. The van der Waals surface area contributed by atoms with Crippen molar-refractivity contribution in [3.63, 3.8) is 0 Å². The molecule has 5 heteroatoms. The molecule has 0 aliphatic rings. The number of nitrogens with zero attached hydrogens (tertiary/aromatic N) is 2. The molecule has 1 amide bonds. The number of rotatable bonds is 5. The lowest BCUT2D eigenvalue weighted by molar-refractivity contribution is -0.118. The molecule has 3 aromatic rings. The highest BCUT2D eigenvalue weighted by Crippen LogP contribution is 2.31. The van der Waals surface area contributed by atoms with Crippen LogP contribution in [-0.4, -0.2) is 28.3 Å². The van der Waals surface area contributed by atoms with Crippen LogP contribution in [0.15, 0.2) is 59.9 Å². The quantitative estimate of drug-likeness (QED) is 0.707. The first-order chi connectivity index (χ1) is 12.1. The molecule has 25 heavy (non-hydrogen) atoms. The molecule has 0 aliphatic heterocycles. The molecule has 0 radical (unpaired) electrons. The molecule has 1 aromatic heterocycles. The van der Waals surface area contributed by atoms with Gasteiger partial charge >= 0.3 is 0 Å². The van der Waals surface area contributed by atoms with Crippen LogP contribution in [0.1, 0.15) is 11.1 Å². The standard InChI is InChI=1S/C20H21N3OS/c1-14-8-10-16(11-9-14)18-12-22-20(25-13-19(24)21-3)23(18)17-7-5-4-6-15(17)2/h4-12H,13H2,1-3H3,(H,21,24). The predicted molar refractivity (Wildman–Crippen MR) is 103 cm³/mol. The fourth-order valence-corrected chi connectivity index (χ4v) is 3.47. The number of amides is 1. The Morgan fingerprint density at radius 2 is 1.84 bits per heavy atom. The van der Waals surface area contributed by atoms with Gasteiger partial charge in [0.15, 0.2) is 5.16 Å². The molecule has 3 rings (SSSR count). The first kappa shape index (κ1) is 17.3. The normalized spacial score (nSPS) is 10.7. The average molecular weight is 351 g/mol. The van der Waals surface area contributed by atoms with Crippen molar-refractivity contribution in [1.82, 2.24) is 14.9 Å². The Bertz CT molecular complexity index is 884. The van der Waals surface area contributed by atoms with Crippen LogP contribution in [0.5, 0.6) is 0 Å². The third kappa shape index (κ3) is 3.77. The molecule has 1 heterocycles. The van der Waals surface area contributed by atoms with Crippen LogP contribution in [0.2, 0.25) is 0 Å². The van der Waals surface area contributed by atoms with Crippen molar-refractivity contribution in [2.45, 2.75) is 19.0 Å². The number of hydrogen-bond acceptors (Lipinski definition) is 3. The lowest BCUT2D eigenvalue weighted by atomic mass is 10.1. The second-order valence-corrected chi connectivity index (χ2v) is 6.82. The van der Waals surface area contributed by atoms with E-state index in [-0.39, 0.29) is 5.91 Å². The summed E-state index contributed by atoms with van der Waals surface area (Å²) in [7, 11) is 1.65. The molecule has 0 fully saturated rings. The SMILES string of the molecule is CNC(=O)CSc1ncc(-c2ccc(C)cc2)n1-c1ccccc1C. The minimum Gasteiger partial charge on any atom is -0.358 e. The van der Waals surface area contributed by atoms with Gasteiger partial charge in [0, 0.05) is 12.6 Å². The summed E-state index contributed by atoms with van der Waals surface area (Å²) in [6, 6.07) is 16.6. The largest absolute Gasteiger partial charge is 0.358 e. The Balaban J connectivity index is 2.09. The number of imidazole rings is 1. The lowest BCUT2D eigenvalue weighted by Gasteiger charge is -2.14. The number of carbonyl (C=O) groups is 1. The molecule has 0 atom stereocenters. The molecule has 0 saturated heterocycles. The van der Waals surface area contributed by atoms with Crippen molar-refractivity contribution in [3.05, 3.63) is 65.9 Å². The lowest BCUT2D eigenvalue weighted by Crippen LogP contribution is -2.20. The van der Waals surface area contributed by atoms with Gasteiger partial charge in [-0.25, -0.2) is 4.98 Å². The molecule has 0 unspecified atom stereocenters. The van der Waals surface area contributed by atoms with Gasteiger partial charge in [-0.3, -0.25) is 9.36 Å². The van der Waals surface area contributed by atoms with E-state index in [9.17, 15) is 4.79 Å². The van der Waals surface area contributed by atoms with E-state index in [0.717, 1.165) is 27.7 Å². The average Bonchev–Trinajstić information content (AvgIpc) is 3.04. The third-order valence-corrected chi connectivity index (χ3v) is 5.00. The van der Waals surface area contributed by atoms with Gasteiger partial charge in [-0.15, -0.1) is 0 Å². The number of aromatic nitrogens is 2. The number of thioether (sulfide) groups is 1. The van der Waals surface area contributed by atoms with E-state index < -0.39 is 0 Å². The van der Waals surface area contributed by atoms with Crippen LogP contribution >= 0.6 is 11.8 Å². The van der Waals surface area contributed by atoms with Crippen LogP contribution in [-0.2, 0) is 4.79 Å². The number of para-hydroxylation sites is 1. The maximum absolute atomic E-state index is 11.6. The van der Waals surface area contributed by atoms with E-state index in [0.29, 0.717) is 5.75 Å². The van der Waals surface area contributed by atoms with Crippen LogP contribution in [0.4, 0.5) is 0 Å². The summed E-state index contributed by atoms with van der Waals surface area (Å²) in [6.07, 6.45) is 1.88. The molecule has 1 N–H and O–H groups in total. The third-order valence-electron chi connectivity index (χ3n) is 4.04. The van der Waals surface area contributed by atoms with Crippen molar-refractivity contribution in [2.24, 2.45) is 0 Å². The van der Waals surface area contributed by atoms with Crippen LogP contribution in [0.25, 0.3) is 16.9 Å². The Hall–Kier alpha value is -2.53.